The van der Waals surface area contributed by atoms with Crippen LogP contribution in [0.25, 0.3) is 5.65 Å². The molecule has 0 saturated heterocycles. The molecule has 8 heteroatoms. The van der Waals surface area contributed by atoms with Gasteiger partial charge in [0.1, 0.15) is 0 Å². The van der Waals surface area contributed by atoms with Gasteiger partial charge in [-0.3, -0.25) is 14.0 Å². The second-order valence-electron chi connectivity index (χ2n) is 8.07. The normalized spacial score (nSPS) is 11.0. The summed E-state index contributed by atoms with van der Waals surface area (Å²) in [5, 5.41) is 14.6. The highest BCUT2D eigenvalue weighted by molar-refractivity contribution is 7.99. The smallest absolute Gasteiger partial charge is 0.257 e. The van der Waals surface area contributed by atoms with Crippen LogP contribution in [0.2, 0.25) is 0 Å². The van der Waals surface area contributed by atoms with E-state index >= 15 is 0 Å². The summed E-state index contributed by atoms with van der Waals surface area (Å²) in [5.41, 5.74) is 4.85. The van der Waals surface area contributed by atoms with Crippen LogP contribution in [0.1, 0.15) is 41.3 Å². The van der Waals surface area contributed by atoms with Crippen molar-refractivity contribution in [2.45, 2.75) is 31.8 Å². The molecule has 2 amide bonds. The third-order valence-electron chi connectivity index (χ3n) is 5.10. The van der Waals surface area contributed by atoms with Gasteiger partial charge in [-0.2, -0.15) is 0 Å². The molecule has 0 saturated carbocycles. The molecule has 0 aliphatic heterocycles. The highest BCUT2D eigenvalue weighted by atomic mass is 32.2. The maximum atomic E-state index is 12.7. The average Bonchev–Trinajstić information content (AvgIpc) is 3.20. The molecule has 0 bridgehead atoms. The summed E-state index contributed by atoms with van der Waals surface area (Å²) >= 11 is 1.26. The minimum atomic E-state index is -0.227. The molecule has 7 nitrogen and oxygen atoms in total. The van der Waals surface area contributed by atoms with Crippen LogP contribution < -0.4 is 10.6 Å². The van der Waals surface area contributed by atoms with Crippen molar-refractivity contribution >= 4 is 40.6 Å². The lowest BCUT2D eigenvalue weighted by Crippen LogP contribution is -2.14. The van der Waals surface area contributed by atoms with Gasteiger partial charge in [0.05, 0.1) is 11.3 Å². The maximum absolute atomic E-state index is 12.7. The van der Waals surface area contributed by atoms with Crippen LogP contribution in [-0.2, 0) is 4.79 Å². The van der Waals surface area contributed by atoms with E-state index in [9.17, 15) is 9.59 Å². The first-order valence-corrected chi connectivity index (χ1v) is 11.6. The fraction of sp³-hybridized carbons (Fsp3) is 0.200. The number of benzene rings is 2. The average molecular weight is 460 g/mol. The Bertz CT molecular complexity index is 1300. The Hall–Kier alpha value is -3.65. The van der Waals surface area contributed by atoms with Gasteiger partial charge in [-0.15, -0.1) is 10.2 Å². The summed E-state index contributed by atoms with van der Waals surface area (Å²) < 4.78 is 1.72. The fourth-order valence-corrected chi connectivity index (χ4v) is 4.02. The molecule has 2 heterocycles. The monoisotopic (exact) mass is 459 g/mol. The van der Waals surface area contributed by atoms with Crippen molar-refractivity contribution < 1.29 is 9.59 Å². The molecule has 0 aliphatic rings. The number of hydrogen-bond donors (Lipinski definition) is 2. The first kappa shape index (κ1) is 22.5. The van der Waals surface area contributed by atoms with Crippen molar-refractivity contribution in [1.29, 1.82) is 0 Å². The molecule has 2 N–H and O–H groups in total. The zero-order valence-corrected chi connectivity index (χ0v) is 19.5. The third-order valence-corrected chi connectivity index (χ3v) is 6.05. The van der Waals surface area contributed by atoms with E-state index in [1.165, 1.54) is 17.3 Å². The highest BCUT2D eigenvalue weighted by Gasteiger charge is 2.13. The molecule has 0 unspecified atom stereocenters. The molecule has 4 aromatic rings. The van der Waals surface area contributed by atoms with E-state index in [-0.39, 0.29) is 17.6 Å². The molecule has 0 fully saturated rings. The number of pyridine rings is 1. The van der Waals surface area contributed by atoms with Gasteiger partial charge in [0.25, 0.3) is 5.91 Å². The number of carbonyl (C=O) groups is 2. The predicted octanol–water partition coefficient (Wildman–Crippen LogP) is 5.14. The molecule has 0 spiro atoms. The molecular formula is C25H25N5O2S. The number of carbonyl (C=O) groups excluding carboxylic acids is 2. The van der Waals surface area contributed by atoms with E-state index in [1.807, 2.05) is 55.5 Å². The zero-order chi connectivity index (χ0) is 23.4. The van der Waals surface area contributed by atoms with Crippen LogP contribution in [0.5, 0.6) is 0 Å². The Morgan fingerprint density at radius 2 is 1.76 bits per heavy atom. The standard InChI is InChI=1S/C25H25N5O2S/c1-16(2)18-7-10-20(11-8-18)26-23(31)15-33-25-29-28-22-12-9-19(14-30(22)25)24(32)27-21-6-4-5-17(3)13-21/h4-14,16H,15H2,1-3H3,(H,26,31)(H,27,32). The van der Waals surface area contributed by atoms with Gasteiger partial charge in [0.15, 0.2) is 10.8 Å². The fourth-order valence-electron chi connectivity index (χ4n) is 3.31. The molecule has 0 aliphatic carbocycles. The van der Waals surface area contributed by atoms with Crippen LogP contribution in [0.15, 0.2) is 72.0 Å². The summed E-state index contributed by atoms with van der Waals surface area (Å²) in [6.07, 6.45) is 1.69. The third kappa shape index (κ3) is 5.59. The van der Waals surface area contributed by atoms with Crippen LogP contribution in [0, 0.1) is 6.92 Å². The van der Waals surface area contributed by atoms with Crippen molar-refractivity contribution in [3.63, 3.8) is 0 Å². The Morgan fingerprint density at radius 1 is 0.970 bits per heavy atom. The number of aryl methyl sites for hydroxylation is 1. The van der Waals surface area contributed by atoms with E-state index in [4.69, 9.17) is 0 Å². The Balaban J connectivity index is 1.41. The van der Waals surface area contributed by atoms with Crippen molar-refractivity contribution in [2.24, 2.45) is 0 Å². The number of thioether (sulfide) groups is 1. The van der Waals surface area contributed by atoms with Crippen molar-refractivity contribution in [2.75, 3.05) is 16.4 Å². The molecular weight excluding hydrogens is 434 g/mol. The van der Waals surface area contributed by atoms with Gasteiger partial charge in [-0.1, -0.05) is 49.9 Å². The molecule has 0 atom stereocenters. The number of hydrogen-bond acceptors (Lipinski definition) is 5. The Kier molecular flexibility index (Phi) is 6.74. The largest absolute Gasteiger partial charge is 0.325 e. The number of aromatic nitrogens is 3. The number of nitrogens with one attached hydrogen (secondary N) is 2. The van der Waals surface area contributed by atoms with Crippen LogP contribution in [-0.4, -0.2) is 32.2 Å². The van der Waals surface area contributed by atoms with Gasteiger partial charge in [-0.25, -0.2) is 0 Å². The lowest BCUT2D eigenvalue weighted by molar-refractivity contribution is -0.113. The number of nitrogens with zero attached hydrogens (tertiary/aromatic N) is 3. The first-order valence-electron chi connectivity index (χ1n) is 10.6. The molecule has 4 rings (SSSR count). The van der Waals surface area contributed by atoms with Crippen molar-refractivity contribution in [1.82, 2.24) is 14.6 Å². The minimum Gasteiger partial charge on any atom is -0.325 e. The molecule has 2 aromatic carbocycles. The van der Waals surface area contributed by atoms with Crippen molar-refractivity contribution in [3.8, 4) is 0 Å². The van der Waals surface area contributed by atoms with Crippen LogP contribution in [0.3, 0.4) is 0 Å². The summed E-state index contributed by atoms with van der Waals surface area (Å²) in [6, 6.07) is 18.9. The van der Waals surface area contributed by atoms with E-state index in [0.717, 1.165) is 16.9 Å². The maximum Gasteiger partial charge on any atom is 0.257 e. The summed E-state index contributed by atoms with van der Waals surface area (Å²) in [4.78, 5) is 25.1. The zero-order valence-electron chi connectivity index (χ0n) is 18.7. The quantitative estimate of drug-likeness (QED) is 0.374. The van der Waals surface area contributed by atoms with E-state index in [0.29, 0.717) is 22.3 Å². The minimum absolute atomic E-state index is 0.137. The van der Waals surface area contributed by atoms with Gasteiger partial charge in [0.2, 0.25) is 5.91 Å². The topological polar surface area (TPSA) is 88.4 Å². The summed E-state index contributed by atoms with van der Waals surface area (Å²) in [6.45, 7) is 6.23. The number of amides is 2. The SMILES string of the molecule is Cc1cccc(NC(=O)c2ccc3nnc(SCC(=O)Nc4ccc(C(C)C)cc4)n3c2)c1. The first-order chi connectivity index (χ1) is 15.9. The lowest BCUT2D eigenvalue weighted by atomic mass is 10.0. The molecule has 33 heavy (non-hydrogen) atoms. The predicted molar refractivity (Wildman–Crippen MR) is 132 cm³/mol. The van der Waals surface area contributed by atoms with Gasteiger partial charge < -0.3 is 10.6 Å². The van der Waals surface area contributed by atoms with Gasteiger partial charge >= 0.3 is 0 Å². The van der Waals surface area contributed by atoms with Crippen molar-refractivity contribution in [3.05, 3.63) is 83.6 Å². The number of anilines is 2. The van der Waals surface area contributed by atoms with E-state index in [1.54, 1.807) is 22.7 Å². The highest BCUT2D eigenvalue weighted by Crippen LogP contribution is 2.20. The summed E-state index contributed by atoms with van der Waals surface area (Å²) in [5.74, 6) is 0.249. The molecule has 2 aromatic heterocycles. The number of fused-ring (bicyclic) bond motifs is 1. The van der Waals surface area contributed by atoms with E-state index < -0.39 is 0 Å². The van der Waals surface area contributed by atoms with Crippen LogP contribution >= 0.6 is 11.8 Å². The van der Waals surface area contributed by atoms with Crippen LogP contribution in [0.4, 0.5) is 11.4 Å². The Labute approximate surface area is 196 Å². The summed E-state index contributed by atoms with van der Waals surface area (Å²) in [7, 11) is 0. The Morgan fingerprint density at radius 3 is 2.48 bits per heavy atom. The van der Waals surface area contributed by atoms with E-state index in [2.05, 4.69) is 34.7 Å². The molecule has 0 radical (unpaired) electrons. The second kappa shape index (κ2) is 9.87. The van der Waals surface area contributed by atoms with Gasteiger partial charge in [0, 0.05) is 17.6 Å². The van der Waals surface area contributed by atoms with Gasteiger partial charge in [-0.05, 0) is 60.4 Å². The lowest BCUT2D eigenvalue weighted by Gasteiger charge is -2.08. The molecule has 168 valence electrons. The number of rotatable bonds is 7. The second-order valence-corrected chi connectivity index (χ2v) is 9.01.